The fourth-order valence-electron chi connectivity index (χ4n) is 2.62. The average molecular weight is 305 g/mol. The maximum Gasteiger partial charge on any atom is 0.318 e. The average Bonchev–Trinajstić information content (AvgIpc) is 2.38. The van der Waals surface area contributed by atoms with Gasteiger partial charge >= 0.3 is 6.03 Å². The van der Waals surface area contributed by atoms with Crippen LogP contribution in [-0.2, 0) is 14.8 Å². The number of hydrogen-bond donors (Lipinski definition) is 1. The Morgan fingerprint density at radius 3 is 2.45 bits per heavy atom. The Morgan fingerprint density at radius 1 is 1.25 bits per heavy atom. The normalized spacial score (nSPS) is 26.5. The van der Waals surface area contributed by atoms with E-state index in [-0.39, 0.29) is 18.1 Å². The third kappa shape index (κ3) is 3.83. The highest BCUT2D eigenvalue weighted by Gasteiger charge is 2.29. The highest BCUT2D eigenvalue weighted by molar-refractivity contribution is 7.88. The molecule has 0 aromatic carbocycles. The third-order valence-electron chi connectivity index (χ3n) is 3.88. The molecule has 7 nitrogen and oxygen atoms in total. The SMILES string of the molecule is C[C@H]1COCCN1C(=O)NC1CCN(S(C)(=O)=O)CC1. The predicted molar refractivity (Wildman–Crippen MR) is 75.0 cm³/mol. The number of hydrogen-bond acceptors (Lipinski definition) is 4. The van der Waals surface area contributed by atoms with Crippen molar-refractivity contribution in [2.45, 2.75) is 31.8 Å². The van der Waals surface area contributed by atoms with E-state index in [2.05, 4.69) is 5.32 Å². The third-order valence-corrected chi connectivity index (χ3v) is 5.18. The smallest absolute Gasteiger partial charge is 0.318 e. The molecule has 2 amide bonds. The molecule has 2 heterocycles. The van der Waals surface area contributed by atoms with Gasteiger partial charge in [-0.1, -0.05) is 0 Å². The summed E-state index contributed by atoms with van der Waals surface area (Å²) in [7, 11) is -3.11. The van der Waals surface area contributed by atoms with Crippen LogP contribution in [0.4, 0.5) is 4.79 Å². The lowest BCUT2D eigenvalue weighted by Gasteiger charge is -2.36. The van der Waals surface area contributed by atoms with Crippen LogP contribution in [0.1, 0.15) is 19.8 Å². The van der Waals surface area contributed by atoms with Crippen LogP contribution in [0.15, 0.2) is 0 Å². The van der Waals surface area contributed by atoms with Gasteiger partial charge in [0.2, 0.25) is 10.0 Å². The second-order valence-electron chi connectivity index (χ2n) is 5.50. The van der Waals surface area contributed by atoms with Crippen LogP contribution in [0.5, 0.6) is 0 Å². The molecule has 2 aliphatic rings. The van der Waals surface area contributed by atoms with Crippen LogP contribution in [0.25, 0.3) is 0 Å². The first kappa shape index (κ1) is 15.5. The van der Waals surface area contributed by atoms with Gasteiger partial charge in [-0.25, -0.2) is 17.5 Å². The molecule has 20 heavy (non-hydrogen) atoms. The number of rotatable bonds is 2. The van der Waals surface area contributed by atoms with E-state index in [0.29, 0.717) is 45.7 Å². The summed E-state index contributed by atoms with van der Waals surface area (Å²) in [5.74, 6) is 0. The monoisotopic (exact) mass is 305 g/mol. The summed E-state index contributed by atoms with van der Waals surface area (Å²) in [6.07, 6.45) is 2.55. The Balaban J connectivity index is 1.82. The first-order valence-electron chi connectivity index (χ1n) is 6.98. The van der Waals surface area contributed by atoms with Crippen LogP contribution < -0.4 is 5.32 Å². The van der Waals surface area contributed by atoms with Crippen molar-refractivity contribution in [3.8, 4) is 0 Å². The Morgan fingerprint density at radius 2 is 1.90 bits per heavy atom. The highest BCUT2D eigenvalue weighted by Crippen LogP contribution is 2.14. The van der Waals surface area contributed by atoms with Gasteiger partial charge < -0.3 is 15.0 Å². The van der Waals surface area contributed by atoms with Crippen LogP contribution in [0.3, 0.4) is 0 Å². The largest absolute Gasteiger partial charge is 0.377 e. The van der Waals surface area contributed by atoms with E-state index < -0.39 is 10.0 Å². The summed E-state index contributed by atoms with van der Waals surface area (Å²) in [5.41, 5.74) is 0. The molecular weight excluding hydrogens is 282 g/mol. The summed E-state index contributed by atoms with van der Waals surface area (Å²) in [6, 6.07) is 0.0639. The molecule has 0 radical (unpaired) electrons. The maximum absolute atomic E-state index is 12.2. The van der Waals surface area contributed by atoms with Crippen molar-refractivity contribution in [1.29, 1.82) is 0 Å². The molecule has 0 aromatic rings. The van der Waals surface area contributed by atoms with E-state index in [1.165, 1.54) is 10.6 Å². The molecule has 2 fully saturated rings. The fourth-order valence-corrected chi connectivity index (χ4v) is 3.49. The lowest BCUT2D eigenvalue weighted by Crippen LogP contribution is -2.55. The number of nitrogens with zero attached hydrogens (tertiary/aromatic N) is 2. The van der Waals surface area contributed by atoms with Crippen molar-refractivity contribution >= 4 is 16.1 Å². The highest BCUT2D eigenvalue weighted by atomic mass is 32.2. The molecule has 0 spiro atoms. The molecule has 0 bridgehead atoms. The maximum atomic E-state index is 12.2. The summed E-state index contributed by atoms with van der Waals surface area (Å²) < 4.78 is 29.6. The topological polar surface area (TPSA) is 79.0 Å². The molecule has 0 aromatic heterocycles. The summed E-state index contributed by atoms with van der Waals surface area (Å²) in [4.78, 5) is 14.0. The zero-order valence-electron chi connectivity index (χ0n) is 12.0. The molecule has 8 heteroatoms. The van der Waals surface area contributed by atoms with Gasteiger partial charge in [0.05, 0.1) is 25.5 Å². The minimum absolute atomic E-state index is 0.0514. The van der Waals surface area contributed by atoms with Crippen LogP contribution in [0, 0.1) is 0 Å². The second-order valence-corrected chi connectivity index (χ2v) is 7.49. The van der Waals surface area contributed by atoms with Gasteiger partial charge in [-0.05, 0) is 19.8 Å². The molecule has 116 valence electrons. The number of sulfonamides is 1. The predicted octanol–water partition coefficient (Wildman–Crippen LogP) is -0.159. The summed E-state index contributed by atoms with van der Waals surface area (Å²) in [6.45, 7) is 4.66. The van der Waals surface area contributed by atoms with Crippen molar-refractivity contribution in [1.82, 2.24) is 14.5 Å². The van der Waals surface area contributed by atoms with Gasteiger partial charge in [0, 0.05) is 25.7 Å². The van der Waals surface area contributed by atoms with Gasteiger partial charge in [0.1, 0.15) is 0 Å². The molecule has 0 aliphatic carbocycles. The number of amides is 2. The van der Waals surface area contributed by atoms with E-state index in [1.807, 2.05) is 6.92 Å². The van der Waals surface area contributed by atoms with Crippen molar-refractivity contribution in [2.75, 3.05) is 39.1 Å². The molecule has 2 saturated heterocycles. The number of urea groups is 1. The Labute approximate surface area is 120 Å². The van der Waals surface area contributed by atoms with E-state index in [1.54, 1.807) is 4.90 Å². The zero-order chi connectivity index (χ0) is 14.8. The van der Waals surface area contributed by atoms with Crippen molar-refractivity contribution in [3.05, 3.63) is 0 Å². The molecule has 0 unspecified atom stereocenters. The van der Waals surface area contributed by atoms with Crippen LogP contribution in [-0.4, -0.2) is 74.8 Å². The number of morpholine rings is 1. The minimum atomic E-state index is -3.11. The summed E-state index contributed by atoms with van der Waals surface area (Å²) in [5, 5.41) is 3.00. The molecular formula is C12H23N3O4S. The van der Waals surface area contributed by atoms with Crippen molar-refractivity contribution < 1.29 is 17.9 Å². The first-order chi connectivity index (χ1) is 9.38. The molecule has 2 aliphatic heterocycles. The Bertz CT molecular complexity index is 446. The minimum Gasteiger partial charge on any atom is -0.377 e. The van der Waals surface area contributed by atoms with E-state index >= 15 is 0 Å². The number of ether oxygens (including phenoxy) is 1. The van der Waals surface area contributed by atoms with Crippen LogP contribution in [0.2, 0.25) is 0 Å². The van der Waals surface area contributed by atoms with Gasteiger partial charge in [-0.2, -0.15) is 0 Å². The van der Waals surface area contributed by atoms with Gasteiger partial charge in [0.15, 0.2) is 0 Å². The zero-order valence-corrected chi connectivity index (χ0v) is 12.9. The molecule has 1 atom stereocenters. The van der Waals surface area contributed by atoms with Crippen molar-refractivity contribution in [2.24, 2.45) is 0 Å². The quantitative estimate of drug-likeness (QED) is 0.769. The number of piperidine rings is 1. The second kappa shape index (κ2) is 6.28. The lowest BCUT2D eigenvalue weighted by atomic mass is 10.1. The van der Waals surface area contributed by atoms with Gasteiger partial charge in [-0.3, -0.25) is 0 Å². The van der Waals surface area contributed by atoms with E-state index in [4.69, 9.17) is 4.74 Å². The first-order valence-corrected chi connectivity index (χ1v) is 8.83. The lowest BCUT2D eigenvalue weighted by molar-refractivity contribution is 0.0180. The summed E-state index contributed by atoms with van der Waals surface area (Å²) >= 11 is 0. The number of carbonyl (C=O) groups is 1. The van der Waals surface area contributed by atoms with Crippen LogP contribution >= 0.6 is 0 Å². The number of carbonyl (C=O) groups excluding carboxylic acids is 1. The van der Waals surface area contributed by atoms with E-state index in [0.717, 1.165) is 0 Å². The Hall–Kier alpha value is -0.860. The molecule has 0 saturated carbocycles. The van der Waals surface area contributed by atoms with Crippen molar-refractivity contribution in [3.63, 3.8) is 0 Å². The van der Waals surface area contributed by atoms with E-state index in [9.17, 15) is 13.2 Å². The fraction of sp³-hybridized carbons (Fsp3) is 0.917. The van der Waals surface area contributed by atoms with Gasteiger partial charge in [-0.15, -0.1) is 0 Å². The number of nitrogens with one attached hydrogen (secondary N) is 1. The molecule has 2 rings (SSSR count). The Kier molecular flexibility index (Phi) is 4.87. The molecule has 1 N–H and O–H groups in total. The van der Waals surface area contributed by atoms with Gasteiger partial charge in [0.25, 0.3) is 0 Å². The standard InChI is InChI=1S/C12H23N3O4S/c1-10-9-19-8-7-15(10)12(16)13-11-3-5-14(6-4-11)20(2,17)18/h10-11H,3-9H2,1-2H3,(H,13,16)/t10-/m0/s1.